The lowest BCUT2D eigenvalue weighted by Gasteiger charge is -2.06. The summed E-state index contributed by atoms with van der Waals surface area (Å²) in [6.07, 6.45) is 2.93. The fourth-order valence-electron chi connectivity index (χ4n) is 1.35. The molecule has 0 atom stereocenters. The summed E-state index contributed by atoms with van der Waals surface area (Å²) >= 11 is 3.34. The van der Waals surface area contributed by atoms with Crippen molar-refractivity contribution in [3.8, 4) is 0 Å². The van der Waals surface area contributed by atoms with Crippen molar-refractivity contribution in [2.45, 2.75) is 6.92 Å². The Kier molecular flexibility index (Phi) is 3.49. The highest BCUT2D eigenvalue weighted by atomic mass is 79.9. The van der Waals surface area contributed by atoms with Crippen LogP contribution in [0.4, 0.5) is 5.69 Å². The van der Waals surface area contributed by atoms with Gasteiger partial charge in [-0.15, -0.1) is 0 Å². The van der Waals surface area contributed by atoms with Gasteiger partial charge in [0.1, 0.15) is 6.33 Å². The largest absolute Gasteiger partial charge is 0.322 e. The van der Waals surface area contributed by atoms with Gasteiger partial charge in [-0.2, -0.15) is 0 Å². The van der Waals surface area contributed by atoms with Crippen LogP contribution in [0.3, 0.4) is 0 Å². The van der Waals surface area contributed by atoms with Gasteiger partial charge in [0.25, 0.3) is 5.91 Å². The highest BCUT2D eigenvalue weighted by Crippen LogP contribution is 2.15. The average molecular weight is 292 g/mol. The molecule has 1 aromatic carbocycles. The molecule has 0 saturated carbocycles. The number of nitrogens with zero attached hydrogens (tertiary/aromatic N) is 2. The molecule has 1 heterocycles. The first-order valence-electron chi connectivity index (χ1n) is 5.00. The topological polar surface area (TPSA) is 54.9 Å². The minimum atomic E-state index is -0.203. The van der Waals surface area contributed by atoms with E-state index in [1.54, 1.807) is 6.92 Å². The number of amides is 1. The zero-order chi connectivity index (χ0) is 12.3. The van der Waals surface area contributed by atoms with E-state index >= 15 is 0 Å². The number of nitrogens with one attached hydrogen (secondary N) is 1. The van der Waals surface area contributed by atoms with Crippen LogP contribution < -0.4 is 5.32 Å². The Bertz CT molecular complexity index is 540. The first kappa shape index (κ1) is 11.7. The summed E-state index contributed by atoms with van der Waals surface area (Å²) in [5.41, 5.74) is 1.88. The number of carbonyl (C=O) groups is 1. The van der Waals surface area contributed by atoms with Crippen LogP contribution >= 0.6 is 15.9 Å². The molecule has 1 aromatic heterocycles. The Morgan fingerprint density at radius 1 is 1.29 bits per heavy atom. The van der Waals surface area contributed by atoms with Crippen LogP contribution in [0.1, 0.15) is 16.1 Å². The number of anilines is 1. The second-order valence-corrected chi connectivity index (χ2v) is 4.40. The van der Waals surface area contributed by atoms with E-state index in [0.717, 1.165) is 10.2 Å². The quantitative estimate of drug-likeness (QED) is 0.926. The Morgan fingerprint density at radius 3 is 2.65 bits per heavy atom. The fourth-order valence-corrected chi connectivity index (χ4v) is 1.61. The van der Waals surface area contributed by atoms with Gasteiger partial charge in [-0.25, -0.2) is 9.97 Å². The van der Waals surface area contributed by atoms with Gasteiger partial charge in [0, 0.05) is 16.4 Å². The Hall–Kier alpha value is -1.75. The minimum Gasteiger partial charge on any atom is -0.322 e. The minimum absolute atomic E-state index is 0.203. The first-order chi connectivity index (χ1) is 8.16. The Balaban J connectivity index is 2.17. The number of aromatic nitrogens is 2. The summed E-state index contributed by atoms with van der Waals surface area (Å²) in [4.78, 5) is 19.7. The monoisotopic (exact) mass is 291 g/mol. The highest BCUT2D eigenvalue weighted by Gasteiger charge is 2.09. The Labute approximate surface area is 107 Å². The molecule has 1 amide bonds. The lowest BCUT2D eigenvalue weighted by Crippen LogP contribution is -2.14. The van der Waals surface area contributed by atoms with Crippen molar-refractivity contribution in [3.63, 3.8) is 0 Å². The van der Waals surface area contributed by atoms with Crippen LogP contribution in [0.2, 0.25) is 0 Å². The predicted molar refractivity (Wildman–Crippen MR) is 68.9 cm³/mol. The molecule has 0 aliphatic rings. The summed E-state index contributed by atoms with van der Waals surface area (Å²) in [7, 11) is 0. The first-order valence-corrected chi connectivity index (χ1v) is 5.79. The van der Waals surface area contributed by atoms with Crippen LogP contribution in [0.25, 0.3) is 0 Å². The van der Waals surface area contributed by atoms with E-state index in [-0.39, 0.29) is 5.91 Å². The van der Waals surface area contributed by atoms with Crippen molar-refractivity contribution in [1.82, 2.24) is 9.97 Å². The number of aryl methyl sites for hydroxylation is 1. The van der Waals surface area contributed by atoms with Gasteiger partial charge in [-0.1, -0.05) is 15.9 Å². The van der Waals surface area contributed by atoms with E-state index in [1.165, 1.54) is 12.5 Å². The lowest BCUT2D eigenvalue weighted by molar-refractivity contribution is 0.102. The van der Waals surface area contributed by atoms with E-state index in [9.17, 15) is 4.79 Å². The highest BCUT2D eigenvalue weighted by molar-refractivity contribution is 9.10. The van der Waals surface area contributed by atoms with Crippen LogP contribution in [-0.4, -0.2) is 15.9 Å². The SMILES string of the molecule is Cc1ncncc1C(=O)Nc1ccc(Br)cc1. The van der Waals surface area contributed by atoms with Gasteiger partial charge < -0.3 is 5.32 Å². The zero-order valence-corrected chi connectivity index (χ0v) is 10.7. The smallest absolute Gasteiger partial charge is 0.259 e. The van der Waals surface area contributed by atoms with Crippen LogP contribution in [-0.2, 0) is 0 Å². The number of rotatable bonds is 2. The molecular weight excluding hydrogens is 282 g/mol. The summed E-state index contributed by atoms with van der Waals surface area (Å²) in [6, 6.07) is 7.37. The summed E-state index contributed by atoms with van der Waals surface area (Å²) in [5.74, 6) is -0.203. The molecule has 2 aromatic rings. The van der Waals surface area contributed by atoms with Gasteiger partial charge >= 0.3 is 0 Å². The third-order valence-corrected chi connectivity index (χ3v) is 2.79. The number of benzene rings is 1. The molecular formula is C12H10BrN3O. The van der Waals surface area contributed by atoms with E-state index in [0.29, 0.717) is 11.3 Å². The van der Waals surface area contributed by atoms with E-state index in [2.05, 4.69) is 31.2 Å². The van der Waals surface area contributed by atoms with Gasteiger partial charge in [0.05, 0.1) is 11.3 Å². The van der Waals surface area contributed by atoms with Crippen LogP contribution in [0.15, 0.2) is 41.3 Å². The number of carbonyl (C=O) groups excluding carboxylic acids is 1. The van der Waals surface area contributed by atoms with Crippen molar-refractivity contribution in [2.24, 2.45) is 0 Å². The van der Waals surface area contributed by atoms with Gasteiger partial charge in [-0.3, -0.25) is 4.79 Å². The number of hydrogen-bond donors (Lipinski definition) is 1. The molecule has 17 heavy (non-hydrogen) atoms. The maximum atomic E-state index is 11.9. The van der Waals surface area contributed by atoms with Crippen LogP contribution in [0.5, 0.6) is 0 Å². The van der Waals surface area contributed by atoms with Crippen LogP contribution in [0, 0.1) is 6.92 Å². The summed E-state index contributed by atoms with van der Waals surface area (Å²) in [5, 5.41) is 2.79. The molecule has 0 spiro atoms. The molecule has 0 bridgehead atoms. The van der Waals surface area contributed by atoms with E-state index in [4.69, 9.17) is 0 Å². The van der Waals surface area contributed by atoms with Crippen molar-refractivity contribution in [2.75, 3.05) is 5.32 Å². The van der Waals surface area contributed by atoms with Crippen molar-refractivity contribution in [1.29, 1.82) is 0 Å². The molecule has 0 aliphatic carbocycles. The standard InChI is InChI=1S/C12H10BrN3O/c1-8-11(6-14-7-15-8)12(17)16-10-4-2-9(13)3-5-10/h2-7H,1H3,(H,16,17). The third kappa shape index (κ3) is 2.88. The molecule has 0 fully saturated rings. The van der Waals surface area contributed by atoms with Crippen molar-refractivity contribution >= 4 is 27.5 Å². The fraction of sp³-hybridized carbons (Fsp3) is 0.0833. The van der Waals surface area contributed by atoms with E-state index in [1.807, 2.05) is 24.3 Å². The molecule has 1 N–H and O–H groups in total. The Morgan fingerprint density at radius 2 is 2.00 bits per heavy atom. The number of halogens is 1. The van der Waals surface area contributed by atoms with Crippen molar-refractivity contribution < 1.29 is 4.79 Å². The zero-order valence-electron chi connectivity index (χ0n) is 9.14. The molecule has 5 heteroatoms. The number of hydrogen-bond acceptors (Lipinski definition) is 3. The molecule has 86 valence electrons. The van der Waals surface area contributed by atoms with Gasteiger partial charge in [0.2, 0.25) is 0 Å². The van der Waals surface area contributed by atoms with E-state index < -0.39 is 0 Å². The molecule has 0 saturated heterocycles. The lowest BCUT2D eigenvalue weighted by atomic mass is 10.2. The molecule has 2 rings (SSSR count). The predicted octanol–water partition coefficient (Wildman–Crippen LogP) is 2.80. The summed E-state index contributed by atoms with van der Waals surface area (Å²) in [6.45, 7) is 1.78. The second kappa shape index (κ2) is 5.05. The molecule has 4 nitrogen and oxygen atoms in total. The summed E-state index contributed by atoms with van der Waals surface area (Å²) < 4.78 is 0.967. The molecule has 0 aliphatic heterocycles. The van der Waals surface area contributed by atoms with Gasteiger partial charge in [-0.05, 0) is 31.2 Å². The second-order valence-electron chi connectivity index (χ2n) is 3.48. The molecule has 0 unspecified atom stereocenters. The maximum absolute atomic E-state index is 11.9. The van der Waals surface area contributed by atoms with Gasteiger partial charge in [0.15, 0.2) is 0 Å². The normalized spacial score (nSPS) is 10.0. The van der Waals surface area contributed by atoms with Crippen molar-refractivity contribution in [3.05, 3.63) is 52.5 Å². The average Bonchev–Trinajstić information content (AvgIpc) is 2.32. The molecule has 0 radical (unpaired) electrons. The third-order valence-electron chi connectivity index (χ3n) is 2.26. The maximum Gasteiger partial charge on any atom is 0.259 e.